The molecule has 0 unspecified atom stereocenters. The van der Waals surface area contributed by atoms with Crippen molar-refractivity contribution in [2.45, 2.75) is 39.5 Å². The molecule has 4 nitrogen and oxygen atoms in total. The first-order valence-electron chi connectivity index (χ1n) is 6.76. The number of carbonyl (C=O) groups is 1. The number of pyridine rings is 1. The molecule has 0 aliphatic heterocycles. The zero-order valence-electron chi connectivity index (χ0n) is 11.3. The number of anilines is 1. The van der Waals surface area contributed by atoms with Gasteiger partial charge in [-0.15, -0.1) is 0 Å². The molecular weight excluding hydrogens is 226 g/mol. The van der Waals surface area contributed by atoms with Gasteiger partial charge in [0.2, 0.25) is 0 Å². The van der Waals surface area contributed by atoms with Gasteiger partial charge in [0.25, 0.3) is 5.91 Å². The van der Waals surface area contributed by atoms with E-state index in [0.29, 0.717) is 12.2 Å². The number of nitrogens with one attached hydrogen (secondary N) is 2. The topological polar surface area (TPSA) is 54.0 Å². The van der Waals surface area contributed by atoms with Gasteiger partial charge in [-0.25, -0.2) is 4.98 Å². The zero-order chi connectivity index (χ0) is 13.2. The summed E-state index contributed by atoms with van der Waals surface area (Å²) >= 11 is 0. The molecule has 18 heavy (non-hydrogen) atoms. The molecule has 100 valence electrons. The van der Waals surface area contributed by atoms with Crippen LogP contribution in [0.2, 0.25) is 0 Å². The second-order valence-electron chi connectivity index (χ2n) is 4.32. The second-order valence-corrected chi connectivity index (χ2v) is 4.32. The van der Waals surface area contributed by atoms with E-state index in [4.69, 9.17) is 0 Å². The minimum Gasteiger partial charge on any atom is -0.384 e. The highest BCUT2D eigenvalue weighted by molar-refractivity contribution is 5.92. The SMILES string of the molecule is CCCCNC(=O)c1ccc(NCCCC)cn1. The first-order valence-corrected chi connectivity index (χ1v) is 6.76. The van der Waals surface area contributed by atoms with E-state index in [-0.39, 0.29) is 5.91 Å². The smallest absolute Gasteiger partial charge is 0.269 e. The van der Waals surface area contributed by atoms with Crippen LogP contribution in [0.5, 0.6) is 0 Å². The number of amides is 1. The molecule has 0 radical (unpaired) electrons. The van der Waals surface area contributed by atoms with Gasteiger partial charge in [-0.05, 0) is 25.0 Å². The van der Waals surface area contributed by atoms with Crippen molar-refractivity contribution in [2.75, 3.05) is 18.4 Å². The number of hydrogen-bond acceptors (Lipinski definition) is 3. The number of hydrogen-bond donors (Lipinski definition) is 2. The zero-order valence-corrected chi connectivity index (χ0v) is 11.3. The monoisotopic (exact) mass is 249 g/mol. The standard InChI is InChI=1S/C14H23N3O/c1-3-5-9-15-12-7-8-13(17-11-12)14(18)16-10-6-4-2/h7-8,11,15H,3-6,9-10H2,1-2H3,(H,16,18). The second kappa shape index (κ2) is 8.50. The average Bonchev–Trinajstić information content (AvgIpc) is 2.40. The molecule has 1 rings (SSSR count). The van der Waals surface area contributed by atoms with Crippen molar-refractivity contribution in [3.63, 3.8) is 0 Å². The van der Waals surface area contributed by atoms with E-state index < -0.39 is 0 Å². The first kappa shape index (κ1) is 14.5. The number of aromatic nitrogens is 1. The Morgan fingerprint density at radius 3 is 2.50 bits per heavy atom. The van der Waals surface area contributed by atoms with E-state index in [0.717, 1.165) is 31.5 Å². The molecule has 1 aromatic rings. The van der Waals surface area contributed by atoms with E-state index in [1.807, 2.05) is 6.07 Å². The molecule has 2 N–H and O–H groups in total. The lowest BCUT2D eigenvalue weighted by Gasteiger charge is -2.06. The maximum atomic E-state index is 11.7. The number of rotatable bonds is 8. The van der Waals surface area contributed by atoms with Crippen LogP contribution in [-0.4, -0.2) is 24.0 Å². The lowest BCUT2D eigenvalue weighted by molar-refractivity contribution is 0.0948. The molecule has 0 spiro atoms. The summed E-state index contributed by atoms with van der Waals surface area (Å²) in [5.74, 6) is -0.0939. The number of nitrogens with zero attached hydrogens (tertiary/aromatic N) is 1. The third-order valence-corrected chi connectivity index (χ3v) is 2.67. The van der Waals surface area contributed by atoms with Crippen LogP contribution in [0.1, 0.15) is 50.0 Å². The fraction of sp³-hybridized carbons (Fsp3) is 0.571. The van der Waals surface area contributed by atoms with Crippen molar-refractivity contribution in [2.24, 2.45) is 0 Å². The van der Waals surface area contributed by atoms with Crippen LogP contribution in [0.25, 0.3) is 0 Å². The molecule has 0 saturated carbocycles. The fourth-order valence-corrected chi connectivity index (χ4v) is 1.51. The van der Waals surface area contributed by atoms with E-state index in [9.17, 15) is 4.79 Å². The Morgan fingerprint density at radius 1 is 1.17 bits per heavy atom. The Hall–Kier alpha value is -1.58. The molecule has 1 aromatic heterocycles. The van der Waals surface area contributed by atoms with E-state index in [1.165, 1.54) is 6.42 Å². The molecule has 0 atom stereocenters. The van der Waals surface area contributed by atoms with Gasteiger partial charge in [-0.1, -0.05) is 26.7 Å². The van der Waals surface area contributed by atoms with Crippen molar-refractivity contribution in [1.82, 2.24) is 10.3 Å². The van der Waals surface area contributed by atoms with Crippen molar-refractivity contribution in [3.05, 3.63) is 24.0 Å². The lowest BCUT2D eigenvalue weighted by atomic mass is 10.3. The summed E-state index contributed by atoms with van der Waals surface area (Å²) in [6.07, 6.45) is 6.10. The fourth-order valence-electron chi connectivity index (χ4n) is 1.51. The van der Waals surface area contributed by atoms with Crippen LogP contribution in [-0.2, 0) is 0 Å². The third kappa shape index (κ3) is 5.17. The summed E-state index contributed by atoms with van der Waals surface area (Å²) < 4.78 is 0. The lowest BCUT2D eigenvalue weighted by Crippen LogP contribution is -2.25. The normalized spacial score (nSPS) is 10.1. The minimum atomic E-state index is -0.0939. The summed E-state index contributed by atoms with van der Waals surface area (Å²) in [6, 6.07) is 3.66. The van der Waals surface area contributed by atoms with E-state index in [2.05, 4.69) is 29.5 Å². The van der Waals surface area contributed by atoms with Gasteiger partial charge < -0.3 is 10.6 Å². The summed E-state index contributed by atoms with van der Waals surface area (Å²) in [5.41, 5.74) is 1.45. The molecule has 0 saturated heterocycles. The molecule has 0 aliphatic carbocycles. The van der Waals surface area contributed by atoms with Crippen LogP contribution in [0.4, 0.5) is 5.69 Å². The minimum absolute atomic E-state index is 0.0939. The van der Waals surface area contributed by atoms with Crippen LogP contribution in [0.3, 0.4) is 0 Å². The van der Waals surface area contributed by atoms with Gasteiger partial charge >= 0.3 is 0 Å². The van der Waals surface area contributed by atoms with E-state index in [1.54, 1.807) is 12.3 Å². The van der Waals surface area contributed by atoms with Gasteiger partial charge in [0, 0.05) is 13.1 Å². The van der Waals surface area contributed by atoms with Gasteiger partial charge in [0.05, 0.1) is 11.9 Å². The van der Waals surface area contributed by atoms with Crippen LogP contribution < -0.4 is 10.6 Å². The molecule has 0 aromatic carbocycles. The number of carbonyl (C=O) groups excluding carboxylic acids is 1. The van der Waals surface area contributed by atoms with E-state index >= 15 is 0 Å². The third-order valence-electron chi connectivity index (χ3n) is 2.67. The first-order chi connectivity index (χ1) is 8.77. The quantitative estimate of drug-likeness (QED) is 0.697. The summed E-state index contributed by atoms with van der Waals surface area (Å²) in [4.78, 5) is 15.9. The Balaban J connectivity index is 2.41. The molecule has 0 fully saturated rings. The maximum absolute atomic E-state index is 11.7. The molecule has 1 amide bonds. The Kier molecular flexibility index (Phi) is 6.84. The van der Waals surface area contributed by atoms with Crippen molar-refractivity contribution in [1.29, 1.82) is 0 Å². The van der Waals surface area contributed by atoms with Crippen LogP contribution in [0.15, 0.2) is 18.3 Å². The Bertz CT molecular complexity index is 349. The molecule has 4 heteroatoms. The average molecular weight is 249 g/mol. The Labute approximate surface area is 109 Å². The van der Waals surface area contributed by atoms with Crippen LogP contribution >= 0.6 is 0 Å². The highest BCUT2D eigenvalue weighted by Crippen LogP contribution is 2.06. The summed E-state index contributed by atoms with van der Waals surface area (Å²) in [7, 11) is 0. The largest absolute Gasteiger partial charge is 0.384 e. The maximum Gasteiger partial charge on any atom is 0.269 e. The Morgan fingerprint density at radius 2 is 1.89 bits per heavy atom. The molecule has 0 aliphatic rings. The van der Waals surface area contributed by atoms with Gasteiger partial charge in [0.1, 0.15) is 5.69 Å². The predicted molar refractivity (Wildman–Crippen MR) is 74.9 cm³/mol. The highest BCUT2D eigenvalue weighted by Gasteiger charge is 2.05. The summed E-state index contributed by atoms with van der Waals surface area (Å²) in [5, 5.41) is 6.12. The summed E-state index contributed by atoms with van der Waals surface area (Å²) in [6.45, 7) is 5.92. The van der Waals surface area contributed by atoms with Crippen molar-refractivity contribution < 1.29 is 4.79 Å². The molecule has 0 bridgehead atoms. The predicted octanol–water partition coefficient (Wildman–Crippen LogP) is 2.82. The van der Waals surface area contributed by atoms with Gasteiger partial charge in [0.15, 0.2) is 0 Å². The van der Waals surface area contributed by atoms with Crippen molar-refractivity contribution in [3.8, 4) is 0 Å². The van der Waals surface area contributed by atoms with Gasteiger partial charge in [-0.3, -0.25) is 4.79 Å². The number of unbranched alkanes of at least 4 members (excludes halogenated alkanes) is 2. The van der Waals surface area contributed by atoms with Gasteiger partial charge in [-0.2, -0.15) is 0 Å². The highest BCUT2D eigenvalue weighted by atomic mass is 16.1. The van der Waals surface area contributed by atoms with Crippen LogP contribution in [0, 0.1) is 0 Å². The molecular formula is C14H23N3O. The van der Waals surface area contributed by atoms with Crippen molar-refractivity contribution >= 4 is 11.6 Å². The molecule has 1 heterocycles.